The molecule has 1 aliphatic heterocycles. The van der Waals surface area contributed by atoms with Crippen LogP contribution >= 0.6 is 0 Å². The van der Waals surface area contributed by atoms with E-state index in [9.17, 15) is 16.8 Å². The minimum Gasteiger partial charge on any atom is -0.370 e. The Labute approximate surface area is 165 Å². The summed E-state index contributed by atoms with van der Waals surface area (Å²) in [6, 6.07) is 0. The minimum absolute atomic E-state index is 0.00626. The predicted octanol–water partition coefficient (Wildman–Crippen LogP) is 3.24. The fraction of sp³-hybridized carbons (Fsp3) is 1.00. The number of epoxide rings is 1. The van der Waals surface area contributed by atoms with Gasteiger partial charge in [0, 0.05) is 12.5 Å². The van der Waals surface area contributed by atoms with Gasteiger partial charge in [0.1, 0.15) is 19.7 Å². The van der Waals surface area contributed by atoms with Crippen LogP contribution in [-0.4, -0.2) is 53.1 Å². The Morgan fingerprint density at radius 1 is 0.926 bits per heavy atom. The van der Waals surface area contributed by atoms with Gasteiger partial charge < -0.3 is 4.74 Å². The molecule has 4 atom stereocenters. The standard InChI is InChI=1S/C20H36O5S2/c1-4-5-6-18-19(25-18)9-12-20-10-7-15(8-11-20)16(13-26(2,21)22)17(20)14-27(3,23)24/h15-19H,4-14H2,1-3H3. The van der Waals surface area contributed by atoms with Gasteiger partial charge in [0.2, 0.25) is 0 Å². The summed E-state index contributed by atoms with van der Waals surface area (Å²) in [5.74, 6) is 0.603. The molecule has 0 aromatic rings. The van der Waals surface area contributed by atoms with Gasteiger partial charge in [0.15, 0.2) is 0 Å². The zero-order chi connectivity index (χ0) is 19.9. The smallest absolute Gasteiger partial charge is 0.147 e. The maximum Gasteiger partial charge on any atom is 0.147 e. The first kappa shape index (κ1) is 21.6. The fourth-order valence-electron chi connectivity index (χ4n) is 5.98. The van der Waals surface area contributed by atoms with E-state index >= 15 is 0 Å². The molecule has 3 saturated carbocycles. The zero-order valence-corrected chi connectivity index (χ0v) is 18.7. The van der Waals surface area contributed by atoms with E-state index in [0.717, 1.165) is 44.9 Å². The SMILES string of the molecule is CCCCC1OC1CCC12CCC(CC1)C(CS(C)(=O)=O)C2CS(C)(=O)=O. The maximum absolute atomic E-state index is 12.2. The summed E-state index contributed by atoms with van der Waals surface area (Å²) in [4.78, 5) is 0. The Hall–Kier alpha value is -0.140. The summed E-state index contributed by atoms with van der Waals surface area (Å²) >= 11 is 0. The molecule has 0 amide bonds. The quantitative estimate of drug-likeness (QED) is 0.507. The van der Waals surface area contributed by atoms with Crippen LogP contribution in [0.5, 0.6) is 0 Å². The summed E-state index contributed by atoms with van der Waals surface area (Å²) in [7, 11) is -6.26. The molecule has 1 saturated heterocycles. The van der Waals surface area contributed by atoms with Crippen LogP contribution < -0.4 is 0 Å². The molecule has 27 heavy (non-hydrogen) atoms. The van der Waals surface area contributed by atoms with Gasteiger partial charge in [-0.15, -0.1) is 0 Å². The summed E-state index contributed by atoms with van der Waals surface area (Å²) in [6.45, 7) is 2.19. The Bertz CT molecular complexity index is 719. The average Bonchev–Trinajstić information content (AvgIpc) is 3.31. The van der Waals surface area contributed by atoms with Crippen LogP contribution in [0.2, 0.25) is 0 Å². The molecular weight excluding hydrogens is 384 g/mol. The van der Waals surface area contributed by atoms with Crippen molar-refractivity contribution in [1.29, 1.82) is 0 Å². The molecule has 0 radical (unpaired) electrons. The van der Waals surface area contributed by atoms with E-state index in [1.165, 1.54) is 25.4 Å². The van der Waals surface area contributed by atoms with Gasteiger partial charge in [-0.2, -0.15) is 0 Å². The van der Waals surface area contributed by atoms with Crippen molar-refractivity contribution in [3.8, 4) is 0 Å². The molecule has 1 heterocycles. The van der Waals surface area contributed by atoms with E-state index in [0.29, 0.717) is 18.1 Å². The predicted molar refractivity (Wildman–Crippen MR) is 108 cm³/mol. The van der Waals surface area contributed by atoms with Gasteiger partial charge in [-0.3, -0.25) is 0 Å². The van der Waals surface area contributed by atoms with Gasteiger partial charge >= 0.3 is 0 Å². The first-order valence-electron chi connectivity index (χ1n) is 10.5. The second-order valence-electron chi connectivity index (χ2n) is 9.55. The highest BCUT2D eigenvalue weighted by Crippen LogP contribution is 2.60. The molecule has 3 aliphatic carbocycles. The van der Waals surface area contributed by atoms with E-state index in [1.54, 1.807) is 0 Å². The molecule has 4 unspecified atom stereocenters. The maximum atomic E-state index is 12.2. The van der Waals surface area contributed by atoms with Crippen molar-refractivity contribution in [2.24, 2.45) is 23.2 Å². The van der Waals surface area contributed by atoms with Crippen LogP contribution in [0.1, 0.15) is 64.7 Å². The molecule has 0 N–H and O–H groups in total. The summed E-state index contributed by atoms with van der Waals surface area (Å²) in [6.07, 6.45) is 13.0. The fourth-order valence-corrected chi connectivity index (χ4v) is 8.44. The third kappa shape index (κ3) is 5.47. The molecule has 2 bridgehead atoms. The van der Waals surface area contributed by atoms with E-state index in [-0.39, 0.29) is 28.8 Å². The Morgan fingerprint density at radius 2 is 1.52 bits per heavy atom. The molecule has 7 heteroatoms. The molecule has 4 rings (SSSR count). The molecule has 4 fully saturated rings. The molecule has 0 aromatic heterocycles. The van der Waals surface area contributed by atoms with E-state index < -0.39 is 19.7 Å². The van der Waals surface area contributed by atoms with Crippen LogP contribution in [0.25, 0.3) is 0 Å². The highest BCUT2D eigenvalue weighted by molar-refractivity contribution is 7.91. The van der Waals surface area contributed by atoms with E-state index in [1.807, 2.05) is 0 Å². The molecule has 0 aromatic carbocycles. The Kier molecular flexibility index (Phi) is 6.34. The molecule has 5 nitrogen and oxygen atoms in total. The van der Waals surface area contributed by atoms with Crippen molar-refractivity contribution in [2.45, 2.75) is 76.9 Å². The minimum atomic E-state index is -3.14. The van der Waals surface area contributed by atoms with Crippen LogP contribution in [0, 0.1) is 23.2 Å². The topological polar surface area (TPSA) is 80.8 Å². The number of hydrogen-bond donors (Lipinski definition) is 0. The second-order valence-corrected chi connectivity index (χ2v) is 13.9. The number of ether oxygens (including phenoxy) is 1. The van der Waals surface area contributed by atoms with Crippen LogP contribution in [0.15, 0.2) is 0 Å². The first-order chi connectivity index (χ1) is 12.5. The third-order valence-electron chi connectivity index (χ3n) is 7.37. The van der Waals surface area contributed by atoms with Gasteiger partial charge in [-0.1, -0.05) is 19.8 Å². The number of fused-ring (bicyclic) bond motifs is 3. The van der Waals surface area contributed by atoms with E-state index in [2.05, 4.69) is 6.92 Å². The number of rotatable bonds is 10. The summed E-state index contributed by atoms with van der Waals surface area (Å²) in [5, 5.41) is 0. The molecule has 158 valence electrons. The number of hydrogen-bond acceptors (Lipinski definition) is 5. The van der Waals surface area contributed by atoms with Crippen LogP contribution in [-0.2, 0) is 24.4 Å². The summed E-state index contributed by atoms with van der Waals surface area (Å²) < 4.78 is 54.3. The second kappa shape index (κ2) is 7.94. The third-order valence-corrected chi connectivity index (χ3v) is 9.32. The molecule has 0 spiro atoms. The van der Waals surface area contributed by atoms with Gasteiger partial charge in [0.05, 0.1) is 23.7 Å². The van der Waals surface area contributed by atoms with Crippen molar-refractivity contribution in [3.63, 3.8) is 0 Å². The highest BCUT2D eigenvalue weighted by atomic mass is 32.2. The van der Waals surface area contributed by atoms with Gasteiger partial charge in [0.25, 0.3) is 0 Å². The Balaban J connectivity index is 1.74. The molecular formula is C20H36O5S2. The highest BCUT2D eigenvalue weighted by Gasteiger charge is 2.54. The Morgan fingerprint density at radius 3 is 2.07 bits per heavy atom. The van der Waals surface area contributed by atoms with Crippen LogP contribution in [0.3, 0.4) is 0 Å². The van der Waals surface area contributed by atoms with Crippen molar-refractivity contribution in [3.05, 3.63) is 0 Å². The normalized spacial score (nSPS) is 38.9. The lowest BCUT2D eigenvalue weighted by molar-refractivity contribution is -0.0477. The van der Waals surface area contributed by atoms with E-state index in [4.69, 9.17) is 4.74 Å². The number of unbranched alkanes of at least 4 members (excludes halogenated alkanes) is 1. The number of sulfone groups is 2. The largest absolute Gasteiger partial charge is 0.370 e. The monoisotopic (exact) mass is 420 g/mol. The lowest BCUT2D eigenvalue weighted by Crippen LogP contribution is -2.52. The van der Waals surface area contributed by atoms with Crippen LogP contribution in [0.4, 0.5) is 0 Å². The van der Waals surface area contributed by atoms with Crippen molar-refractivity contribution in [1.82, 2.24) is 0 Å². The first-order valence-corrected chi connectivity index (χ1v) is 14.7. The van der Waals surface area contributed by atoms with Gasteiger partial charge in [-0.25, -0.2) is 16.8 Å². The average molecular weight is 421 g/mol. The zero-order valence-electron chi connectivity index (χ0n) is 17.0. The van der Waals surface area contributed by atoms with Crippen molar-refractivity contribution < 1.29 is 21.6 Å². The summed E-state index contributed by atoms with van der Waals surface area (Å²) in [5.41, 5.74) is -0.0194. The van der Waals surface area contributed by atoms with Crippen molar-refractivity contribution >= 4 is 19.7 Å². The van der Waals surface area contributed by atoms with Gasteiger partial charge in [-0.05, 0) is 68.1 Å². The lowest BCUT2D eigenvalue weighted by Gasteiger charge is -2.57. The lowest BCUT2D eigenvalue weighted by atomic mass is 9.50. The van der Waals surface area contributed by atoms with Crippen molar-refractivity contribution in [2.75, 3.05) is 24.0 Å². The molecule has 4 aliphatic rings.